The molecule has 244 valence electrons. The molecule has 0 aliphatic rings. The van der Waals surface area contributed by atoms with Gasteiger partial charge in [-0.05, 0) is 54.2 Å². The molecule has 2 aromatic carbocycles. The molecule has 43 heavy (non-hydrogen) atoms. The normalized spacial score (nSPS) is 15.3. The first-order valence-electron chi connectivity index (χ1n) is 11.9. The van der Waals surface area contributed by atoms with Crippen molar-refractivity contribution in [3.05, 3.63) is 59.7 Å². The van der Waals surface area contributed by atoms with Crippen molar-refractivity contribution in [3.63, 3.8) is 0 Å². The zero-order chi connectivity index (χ0) is 33.1. The lowest BCUT2D eigenvalue weighted by Crippen LogP contribution is -2.40. The third-order valence-electron chi connectivity index (χ3n) is 5.86. The summed E-state index contributed by atoms with van der Waals surface area (Å²) in [5.74, 6) is -0.431. The summed E-state index contributed by atoms with van der Waals surface area (Å²) in [4.78, 5) is -1.37. The van der Waals surface area contributed by atoms with E-state index in [2.05, 4.69) is 0 Å². The highest BCUT2D eigenvalue weighted by Gasteiger charge is 2.49. The molecule has 2 aromatic rings. The number of benzene rings is 2. The van der Waals surface area contributed by atoms with E-state index in [9.17, 15) is 60.0 Å². The Morgan fingerprint density at radius 1 is 0.628 bits per heavy atom. The predicted molar refractivity (Wildman–Crippen MR) is 140 cm³/mol. The molecule has 21 heteroatoms. The van der Waals surface area contributed by atoms with Crippen molar-refractivity contribution in [2.24, 2.45) is 0 Å². The van der Waals surface area contributed by atoms with Gasteiger partial charge >= 0.3 is 31.1 Å². The van der Waals surface area contributed by atoms with Gasteiger partial charge < -0.3 is 4.74 Å². The van der Waals surface area contributed by atoms with Crippen molar-refractivity contribution in [3.8, 4) is 0 Å². The molecule has 0 aromatic heterocycles. The quantitative estimate of drug-likeness (QED) is 0.220. The molecule has 2 rings (SSSR count). The van der Waals surface area contributed by atoms with E-state index in [1.165, 1.54) is 24.3 Å². The molecule has 2 atom stereocenters. The molecule has 0 bridgehead atoms. The average molecular weight is 705 g/mol. The van der Waals surface area contributed by atoms with Gasteiger partial charge in [0.05, 0.1) is 16.4 Å². The topological polar surface area (TPSA) is 170 Å². The first kappa shape index (κ1) is 36.9. The van der Waals surface area contributed by atoms with Crippen molar-refractivity contribution >= 4 is 40.1 Å². The highest BCUT2D eigenvalue weighted by atomic mass is 32.3. The van der Waals surface area contributed by atoms with Crippen LogP contribution in [0.2, 0.25) is 0 Å². The number of ether oxygens (including phenoxy) is 1. The fourth-order valence-corrected chi connectivity index (χ4v) is 8.27. The number of alkyl halides is 6. The van der Waals surface area contributed by atoms with E-state index in [4.69, 9.17) is 4.74 Å². The summed E-state index contributed by atoms with van der Waals surface area (Å²) in [5, 5.41) is 0. The Bertz CT molecular complexity index is 1560. The number of hydrogen-bond donors (Lipinski definition) is 2. The standard InChI is InChI=1S/C22H26F6N2O9S4/c1-15(17-5-9-19(10-6-17)40(31,32)29-42(35,36)21(23,24)25)4-3-13-39-14-16(2)18-7-11-20(12-8-18)41(33,34)30-43(37,38)22(26,27)28/h5-12,15-16,29-30H,3-4,13-14H2,1-2H3. The minimum Gasteiger partial charge on any atom is -0.381 e. The third kappa shape index (κ3) is 9.85. The van der Waals surface area contributed by atoms with Crippen LogP contribution in [0.4, 0.5) is 26.3 Å². The van der Waals surface area contributed by atoms with Crippen molar-refractivity contribution in [2.75, 3.05) is 13.2 Å². The van der Waals surface area contributed by atoms with Gasteiger partial charge in [0.2, 0.25) is 0 Å². The summed E-state index contributed by atoms with van der Waals surface area (Å²) in [5.41, 5.74) is -10.4. The molecule has 0 aliphatic heterocycles. The number of halogens is 6. The second-order valence-electron chi connectivity index (χ2n) is 9.23. The number of hydrogen-bond acceptors (Lipinski definition) is 9. The zero-order valence-electron chi connectivity index (χ0n) is 22.2. The van der Waals surface area contributed by atoms with E-state index < -0.39 is 60.9 Å². The summed E-state index contributed by atoms with van der Waals surface area (Å²) in [6.07, 6.45) is 1.07. The maximum absolute atomic E-state index is 12.5. The molecular formula is C22H26F6N2O9S4. The Labute approximate surface area is 244 Å². The second-order valence-corrected chi connectivity index (χ2v) is 16.5. The van der Waals surface area contributed by atoms with E-state index in [0.717, 1.165) is 24.3 Å². The van der Waals surface area contributed by atoms with Crippen molar-refractivity contribution in [2.45, 2.75) is 59.3 Å². The van der Waals surface area contributed by atoms with Crippen LogP contribution < -0.4 is 8.25 Å². The van der Waals surface area contributed by atoms with Gasteiger partial charge in [0.1, 0.15) is 0 Å². The molecule has 0 heterocycles. The van der Waals surface area contributed by atoms with E-state index in [1.807, 2.05) is 0 Å². The number of nitrogens with one attached hydrogen (secondary N) is 2. The lowest BCUT2D eigenvalue weighted by atomic mass is 9.96. The Morgan fingerprint density at radius 3 is 1.33 bits per heavy atom. The predicted octanol–water partition coefficient (Wildman–Crippen LogP) is 3.65. The van der Waals surface area contributed by atoms with Gasteiger partial charge in [-0.3, -0.25) is 0 Å². The van der Waals surface area contributed by atoms with Crippen molar-refractivity contribution in [1.29, 1.82) is 0 Å². The summed E-state index contributed by atoms with van der Waals surface area (Å²) in [6, 6.07) is 9.10. The summed E-state index contributed by atoms with van der Waals surface area (Å²) < 4.78 is 174. The summed E-state index contributed by atoms with van der Waals surface area (Å²) in [6.45, 7) is 3.96. The first-order valence-corrected chi connectivity index (χ1v) is 17.8. The Hall–Kier alpha value is -2.30. The molecule has 2 unspecified atom stereocenters. The van der Waals surface area contributed by atoms with Crippen LogP contribution >= 0.6 is 0 Å². The molecule has 11 nitrogen and oxygen atoms in total. The van der Waals surface area contributed by atoms with E-state index >= 15 is 0 Å². The van der Waals surface area contributed by atoms with Gasteiger partial charge in [0.25, 0.3) is 20.0 Å². The minimum absolute atomic E-state index is 0.145. The van der Waals surface area contributed by atoms with Crippen LogP contribution in [0.1, 0.15) is 49.7 Å². The maximum Gasteiger partial charge on any atom is 0.512 e. The van der Waals surface area contributed by atoms with Gasteiger partial charge in [-0.2, -0.15) is 26.3 Å². The molecule has 0 radical (unpaired) electrons. The van der Waals surface area contributed by atoms with Gasteiger partial charge in [0.15, 0.2) is 0 Å². The minimum atomic E-state index is -6.13. The lowest BCUT2D eigenvalue weighted by molar-refractivity contribution is -0.0447. The molecular weight excluding hydrogens is 679 g/mol. The first-order chi connectivity index (χ1) is 19.4. The molecule has 0 amide bonds. The molecule has 0 fully saturated rings. The van der Waals surface area contributed by atoms with Crippen LogP contribution in [0.3, 0.4) is 0 Å². The zero-order valence-corrected chi connectivity index (χ0v) is 25.4. The van der Waals surface area contributed by atoms with Crippen molar-refractivity contribution in [1.82, 2.24) is 8.25 Å². The third-order valence-corrected chi connectivity index (χ3v) is 12.4. The van der Waals surface area contributed by atoms with E-state index in [0.29, 0.717) is 32.2 Å². The smallest absolute Gasteiger partial charge is 0.381 e. The van der Waals surface area contributed by atoms with Crippen LogP contribution in [0, 0.1) is 0 Å². The molecule has 0 saturated carbocycles. The van der Waals surface area contributed by atoms with Gasteiger partial charge in [-0.25, -0.2) is 33.7 Å². The molecule has 2 N–H and O–H groups in total. The van der Waals surface area contributed by atoms with E-state index in [-0.39, 0.29) is 25.0 Å². The Balaban J connectivity index is 1.87. The lowest BCUT2D eigenvalue weighted by Gasteiger charge is -2.15. The number of rotatable bonds is 14. The highest BCUT2D eigenvalue weighted by molar-refractivity contribution is 8.05. The Morgan fingerprint density at radius 2 is 0.977 bits per heavy atom. The number of sulfonamides is 4. The second kappa shape index (κ2) is 13.4. The van der Waals surface area contributed by atoms with Gasteiger partial charge in [-0.15, -0.1) is 0 Å². The molecule has 0 aliphatic carbocycles. The van der Waals surface area contributed by atoms with Crippen LogP contribution in [-0.2, 0) is 44.8 Å². The Kier molecular flexibility index (Phi) is 11.5. The largest absolute Gasteiger partial charge is 0.512 e. The van der Waals surface area contributed by atoms with Gasteiger partial charge in [0, 0.05) is 12.5 Å². The van der Waals surface area contributed by atoms with Crippen LogP contribution in [0.5, 0.6) is 0 Å². The van der Waals surface area contributed by atoms with Crippen LogP contribution in [0.15, 0.2) is 58.3 Å². The van der Waals surface area contributed by atoms with Crippen molar-refractivity contribution < 1.29 is 64.8 Å². The highest BCUT2D eigenvalue weighted by Crippen LogP contribution is 2.27. The SMILES string of the molecule is CC(CCCOCC(C)c1ccc(S(=O)(=O)NS(=O)(=O)C(F)(F)F)cc1)c1ccc(S(=O)(=O)NS(=O)(=O)C(F)(F)F)cc1. The summed E-state index contributed by atoms with van der Waals surface area (Å²) in [7, 11) is -22.3. The summed E-state index contributed by atoms with van der Waals surface area (Å²) >= 11 is 0. The van der Waals surface area contributed by atoms with Crippen LogP contribution in [0.25, 0.3) is 0 Å². The maximum atomic E-state index is 12.5. The molecule has 0 saturated heterocycles. The fraction of sp³-hybridized carbons (Fsp3) is 0.455. The van der Waals surface area contributed by atoms with E-state index in [1.54, 1.807) is 13.8 Å². The fourth-order valence-electron chi connectivity index (χ4n) is 3.45. The monoisotopic (exact) mass is 704 g/mol. The van der Waals surface area contributed by atoms with Gasteiger partial charge in [-0.1, -0.05) is 46.4 Å². The van der Waals surface area contributed by atoms with Crippen LogP contribution in [-0.4, -0.2) is 57.9 Å². The average Bonchev–Trinajstić information content (AvgIpc) is 2.86. The molecule has 0 spiro atoms.